The average molecular weight is 511 g/mol. The molecule has 0 spiro atoms. The lowest BCUT2D eigenvalue weighted by Crippen LogP contribution is -2.41. The van der Waals surface area contributed by atoms with E-state index in [1.54, 1.807) is 10.6 Å². The summed E-state index contributed by atoms with van der Waals surface area (Å²) < 4.78 is 66.5. The normalized spacial score (nSPS) is 15.5. The van der Waals surface area contributed by atoms with Crippen LogP contribution in [0.2, 0.25) is 0 Å². The van der Waals surface area contributed by atoms with E-state index in [1.165, 1.54) is 18.2 Å². The van der Waals surface area contributed by atoms with E-state index in [2.05, 4.69) is 15.1 Å². The minimum Gasteiger partial charge on any atom is -0.415 e. The number of morpholine rings is 1. The van der Waals surface area contributed by atoms with Crippen molar-refractivity contribution < 1.29 is 26.5 Å². The number of halogens is 3. The van der Waals surface area contributed by atoms with Crippen LogP contribution in [0.3, 0.4) is 0 Å². The van der Waals surface area contributed by atoms with Crippen LogP contribution in [0.5, 0.6) is 0 Å². The largest absolute Gasteiger partial charge is 0.415 e. The summed E-state index contributed by atoms with van der Waals surface area (Å²) in [5, 5.41) is 6.85. The second-order valence-corrected chi connectivity index (χ2v) is 11.6. The number of rotatable bonds is 10. The van der Waals surface area contributed by atoms with Crippen molar-refractivity contribution in [1.29, 1.82) is 0 Å². The molecule has 1 aliphatic heterocycles. The molecule has 35 heavy (non-hydrogen) atoms. The van der Waals surface area contributed by atoms with Gasteiger partial charge in [0.15, 0.2) is 0 Å². The molecule has 4 rings (SSSR count). The van der Waals surface area contributed by atoms with E-state index >= 15 is 4.39 Å². The Labute approximate surface area is 203 Å². The first kappa shape index (κ1) is 25.3. The lowest BCUT2D eigenvalue weighted by molar-refractivity contribution is 0.0381. The summed E-state index contributed by atoms with van der Waals surface area (Å²) in [4.78, 5) is 2.30. The zero-order valence-electron chi connectivity index (χ0n) is 19.4. The quantitative estimate of drug-likeness (QED) is 0.414. The predicted molar refractivity (Wildman–Crippen MR) is 129 cm³/mol. The monoisotopic (exact) mass is 510 g/mol. The number of nitrogens with zero attached hydrogens (tertiary/aromatic N) is 4. The summed E-state index contributed by atoms with van der Waals surface area (Å²) in [6.07, 6.45) is -0.417. The van der Waals surface area contributed by atoms with Crippen molar-refractivity contribution in [2.75, 3.05) is 49.2 Å². The molecule has 1 saturated heterocycles. The molecule has 0 N–H and O–H groups in total. The van der Waals surface area contributed by atoms with E-state index < -0.39 is 28.3 Å². The van der Waals surface area contributed by atoms with Crippen molar-refractivity contribution in [2.24, 2.45) is 0 Å². The van der Waals surface area contributed by atoms with Crippen molar-refractivity contribution in [1.82, 2.24) is 15.1 Å². The highest BCUT2D eigenvalue weighted by atomic mass is 32.3. The van der Waals surface area contributed by atoms with Crippen LogP contribution in [0, 0.1) is 5.82 Å². The predicted octanol–water partition coefficient (Wildman–Crippen LogP) is 4.10. The summed E-state index contributed by atoms with van der Waals surface area (Å²) in [6, 6.07) is 13.5. The molecular formula is C24H29F3N4O3S. The Hall–Kier alpha value is -2.76. The molecule has 11 heteroatoms. The molecule has 0 atom stereocenters. The number of para-hydroxylation sites is 1. The second-order valence-electron chi connectivity index (χ2n) is 8.53. The van der Waals surface area contributed by atoms with E-state index in [4.69, 9.17) is 9.15 Å². The summed E-state index contributed by atoms with van der Waals surface area (Å²) in [5.41, 5.74) is 1.26. The Morgan fingerprint density at radius 1 is 1.11 bits per heavy atom. The Morgan fingerprint density at radius 3 is 2.51 bits per heavy atom. The number of ether oxygens (including phenoxy) is 1. The van der Waals surface area contributed by atoms with Gasteiger partial charge >= 0.3 is 6.43 Å². The molecule has 0 saturated carbocycles. The molecule has 0 unspecified atom stereocenters. The zero-order chi connectivity index (χ0) is 24.8. The molecule has 0 aliphatic carbocycles. The highest BCUT2D eigenvalue weighted by Crippen LogP contribution is 2.28. The van der Waals surface area contributed by atoms with E-state index in [0.717, 1.165) is 31.7 Å². The third-order valence-electron chi connectivity index (χ3n) is 5.96. The minimum atomic E-state index is -2.90. The van der Waals surface area contributed by atoms with Gasteiger partial charge in [0, 0.05) is 41.9 Å². The van der Waals surface area contributed by atoms with Gasteiger partial charge in [-0.05, 0) is 47.3 Å². The number of hydrogen-bond acceptors (Lipinski definition) is 6. The third-order valence-corrected chi connectivity index (χ3v) is 8.50. The Bertz CT molecular complexity index is 1160. The first-order valence-corrected chi connectivity index (χ1v) is 13.7. The fourth-order valence-electron chi connectivity index (χ4n) is 4.03. The van der Waals surface area contributed by atoms with Crippen LogP contribution in [0.1, 0.15) is 24.3 Å². The number of anilines is 1. The second kappa shape index (κ2) is 11.3. The lowest BCUT2D eigenvalue weighted by atomic mass is 10.1. The Balaban J connectivity index is 1.51. The molecule has 2 aromatic carbocycles. The van der Waals surface area contributed by atoms with E-state index in [9.17, 15) is 13.0 Å². The van der Waals surface area contributed by atoms with E-state index in [-0.39, 0.29) is 18.0 Å². The molecule has 1 fully saturated rings. The van der Waals surface area contributed by atoms with Gasteiger partial charge in [0.1, 0.15) is 5.82 Å². The lowest BCUT2D eigenvalue weighted by Gasteiger charge is -2.36. The molecule has 1 aromatic heterocycles. The number of thiol groups is 1. The van der Waals surface area contributed by atoms with Crippen molar-refractivity contribution in [2.45, 2.75) is 19.4 Å². The van der Waals surface area contributed by atoms with Crippen molar-refractivity contribution in [3.05, 3.63) is 65.8 Å². The van der Waals surface area contributed by atoms with Gasteiger partial charge in [0.2, 0.25) is 5.89 Å². The molecule has 0 amide bonds. The summed E-state index contributed by atoms with van der Waals surface area (Å²) in [6.45, 7) is 4.08. The smallest absolute Gasteiger partial charge is 0.314 e. The Kier molecular flexibility index (Phi) is 8.19. The number of alkyl halides is 2. The van der Waals surface area contributed by atoms with Gasteiger partial charge in [-0.25, -0.2) is 4.39 Å². The molecule has 0 bridgehead atoms. The maximum atomic E-state index is 15.1. The fourth-order valence-corrected chi connectivity index (χ4v) is 6.07. The van der Waals surface area contributed by atoms with Crippen molar-refractivity contribution in [3.8, 4) is 11.5 Å². The van der Waals surface area contributed by atoms with E-state index in [0.29, 0.717) is 24.5 Å². The van der Waals surface area contributed by atoms with Gasteiger partial charge in [-0.15, -0.1) is 10.2 Å². The van der Waals surface area contributed by atoms with Crippen LogP contribution < -0.4 is 4.31 Å². The standard InChI is InChI=1S/C24H29F3N4O3S/c1-35(32,15-5-10-30-11-13-33-14-12-30)31(20-6-3-2-4-7-20)17-19-9-8-18(16-21(19)25)23-28-29-24(34-23)22(26)27/h2-4,6-9,16,22,35H,5,10-15,17H2,1H3. The van der Waals surface area contributed by atoms with Gasteiger partial charge in [-0.3, -0.25) is 9.11 Å². The average Bonchev–Trinajstić information content (AvgIpc) is 3.35. The molecule has 1 aliphatic rings. The topological polar surface area (TPSA) is 71.7 Å². The maximum absolute atomic E-state index is 15.1. The highest BCUT2D eigenvalue weighted by Gasteiger charge is 2.23. The van der Waals surface area contributed by atoms with Crippen LogP contribution in [-0.4, -0.2) is 64.2 Å². The third kappa shape index (κ3) is 6.47. The molecule has 190 valence electrons. The minimum absolute atomic E-state index is 0.0908. The first-order valence-electron chi connectivity index (χ1n) is 11.4. The Morgan fingerprint density at radius 2 is 1.86 bits per heavy atom. The molecule has 0 radical (unpaired) electrons. The zero-order valence-corrected chi connectivity index (χ0v) is 20.3. The van der Waals surface area contributed by atoms with Gasteiger partial charge in [0.05, 0.1) is 19.8 Å². The van der Waals surface area contributed by atoms with Crippen molar-refractivity contribution in [3.63, 3.8) is 0 Å². The number of hydrogen-bond donors (Lipinski definition) is 1. The molecular weight excluding hydrogens is 481 g/mol. The molecule has 3 aromatic rings. The van der Waals surface area contributed by atoms with Crippen molar-refractivity contribution >= 4 is 15.8 Å². The summed E-state index contributed by atoms with van der Waals surface area (Å²) in [5.74, 6) is -1.09. The number of benzene rings is 2. The van der Waals surface area contributed by atoms with E-state index in [1.807, 2.05) is 30.3 Å². The SMILES string of the molecule is C[SH](=O)(CCCN1CCOCC1)N(Cc1ccc(-c2nnc(C(F)F)o2)cc1F)c1ccccc1. The maximum Gasteiger partial charge on any atom is 0.314 e. The summed E-state index contributed by atoms with van der Waals surface area (Å²) >= 11 is 0. The first-order chi connectivity index (χ1) is 16.8. The van der Waals surface area contributed by atoms with Crippen LogP contribution in [0.4, 0.5) is 18.9 Å². The molecule has 7 nitrogen and oxygen atoms in total. The van der Waals surface area contributed by atoms with Crippen LogP contribution in [0.25, 0.3) is 11.5 Å². The number of aromatic nitrogens is 2. The van der Waals surface area contributed by atoms with Crippen LogP contribution >= 0.6 is 0 Å². The van der Waals surface area contributed by atoms with Crippen LogP contribution in [0.15, 0.2) is 52.9 Å². The molecule has 2 heterocycles. The highest BCUT2D eigenvalue weighted by molar-refractivity contribution is 8.03. The van der Waals surface area contributed by atoms with Gasteiger partial charge in [-0.1, -0.05) is 24.3 Å². The van der Waals surface area contributed by atoms with Gasteiger partial charge in [0.25, 0.3) is 5.89 Å². The van der Waals surface area contributed by atoms with Gasteiger partial charge < -0.3 is 13.5 Å². The fraction of sp³-hybridized carbons (Fsp3) is 0.417. The van der Waals surface area contributed by atoms with Crippen LogP contribution in [-0.2, 0) is 21.4 Å². The summed E-state index contributed by atoms with van der Waals surface area (Å²) in [7, 11) is -2.87. The van der Waals surface area contributed by atoms with Gasteiger partial charge in [-0.2, -0.15) is 8.78 Å².